The third-order valence-electron chi connectivity index (χ3n) is 3.53. The van der Waals surface area contributed by atoms with Gasteiger partial charge in [0.15, 0.2) is 5.43 Å². The first kappa shape index (κ1) is 15.0. The molecular formula is C15H19N3O3. The van der Waals surface area contributed by atoms with Gasteiger partial charge in [0.2, 0.25) is 0 Å². The van der Waals surface area contributed by atoms with E-state index in [0.717, 1.165) is 17.0 Å². The fourth-order valence-corrected chi connectivity index (χ4v) is 2.40. The first-order valence-corrected chi connectivity index (χ1v) is 6.80. The molecule has 1 amide bonds. The Kier molecular flexibility index (Phi) is 4.26. The molecule has 0 aliphatic rings. The molecule has 0 fully saturated rings. The predicted molar refractivity (Wildman–Crippen MR) is 78.5 cm³/mol. The Morgan fingerprint density at radius 1 is 1.38 bits per heavy atom. The van der Waals surface area contributed by atoms with Crippen molar-refractivity contribution >= 4 is 5.91 Å². The molecule has 1 atom stereocenters. The molecule has 2 heterocycles. The van der Waals surface area contributed by atoms with E-state index in [1.54, 1.807) is 13.1 Å². The van der Waals surface area contributed by atoms with Crippen molar-refractivity contribution in [2.24, 2.45) is 0 Å². The highest BCUT2D eigenvalue weighted by molar-refractivity contribution is 5.93. The lowest BCUT2D eigenvalue weighted by Gasteiger charge is -2.12. The summed E-state index contributed by atoms with van der Waals surface area (Å²) in [5.41, 5.74) is 2.20. The van der Waals surface area contributed by atoms with E-state index in [0.29, 0.717) is 12.1 Å². The van der Waals surface area contributed by atoms with E-state index in [4.69, 9.17) is 4.52 Å². The number of nitrogens with one attached hydrogen (secondary N) is 2. The monoisotopic (exact) mass is 289 g/mol. The van der Waals surface area contributed by atoms with Crippen molar-refractivity contribution in [3.8, 4) is 0 Å². The molecular weight excluding hydrogens is 270 g/mol. The number of aromatic amines is 1. The molecule has 6 heteroatoms. The fraction of sp³-hybridized carbons (Fsp3) is 0.400. The van der Waals surface area contributed by atoms with Gasteiger partial charge in [-0.15, -0.1) is 0 Å². The van der Waals surface area contributed by atoms with Crippen LogP contribution in [-0.2, 0) is 0 Å². The van der Waals surface area contributed by atoms with Crippen molar-refractivity contribution in [3.05, 3.63) is 50.8 Å². The van der Waals surface area contributed by atoms with Crippen LogP contribution >= 0.6 is 0 Å². The molecule has 2 aromatic heterocycles. The van der Waals surface area contributed by atoms with Gasteiger partial charge in [0.1, 0.15) is 11.3 Å². The summed E-state index contributed by atoms with van der Waals surface area (Å²) in [7, 11) is 0. The van der Waals surface area contributed by atoms with Gasteiger partial charge in [-0.05, 0) is 20.8 Å². The average molecular weight is 289 g/mol. The van der Waals surface area contributed by atoms with Gasteiger partial charge >= 0.3 is 0 Å². The molecule has 1 unspecified atom stereocenters. The zero-order valence-electron chi connectivity index (χ0n) is 12.6. The summed E-state index contributed by atoms with van der Waals surface area (Å²) in [4.78, 5) is 26.8. The minimum atomic E-state index is -0.376. The Bertz CT molecular complexity index is 696. The van der Waals surface area contributed by atoms with E-state index in [1.165, 1.54) is 6.20 Å². The summed E-state index contributed by atoms with van der Waals surface area (Å²) >= 11 is 0. The van der Waals surface area contributed by atoms with Gasteiger partial charge in [-0.1, -0.05) is 12.1 Å². The highest BCUT2D eigenvalue weighted by Crippen LogP contribution is 2.22. The lowest BCUT2D eigenvalue weighted by atomic mass is 9.99. The second-order valence-electron chi connectivity index (χ2n) is 5.23. The van der Waals surface area contributed by atoms with E-state index >= 15 is 0 Å². The third-order valence-corrected chi connectivity index (χ3v) is 3.53. The number of amides is 1. The van der Waals surface area contributed by atoms with Gasteiger partial charge in [-0.25, -0.2) is 0 Å². The van der Waals surface area contributed by atoms with Crippen LogP contribution in [0.5, 0.6) is 0 Å². The predicted octanol–water partition coefficient (Wildman–Crippen LogP) is 1.82. The Hall–Kier alpha value is -2.37. The minimum absolute atomic E-state index is 0.0593. The van der Waals surface area contributed by atoms with Gasteiger partial charge in [0.25, 0.3) is 5.91 Å². The zero-order valence-corrected chi connectivity index (χ0v) is 12.6. The maximum Gasteiger partial charge on any atom is 0.256 e. The Morgan fingerprint density at radius 3 is 2.71 bits per heavy atom. The van der Waals surface area contributed by atoms with Crippen LogP contribution in [0.4, 0.5) is 0 Å². The molecule has 0 bridgehead atoms. The molecule has 2 aromatic rings. The average Bonchev–Trinajstić information content (AvgIpc) is 2.78. The molecule has 2 rings (SSSR count). The van der Waals surface area contributed by atoms with Crippen molar-refractivity contribution in [3.63, 3.8) is 0 Å². The van der Waals surface area contributed by atoms with Crippen molar-refractivity contribution in [2.45, 2.75) is 33.6 Å². The van der Waals surface area contributed by atoms with Crippen LogP contribution in [0, 0.1) is 20.8 Å². The third kappa shape index (κ3) is 3.04. The topological polar surface area (TPSA) is 88.0 Å². The van der Waals surface area contributed by atoms with Crippen molar-refractivity contribution in [1.82, 2.24) is 15.5 Å². The van der Waals surface area contributed by atoms with Crippen LogP contribution in [0.2, 0.25) is 0 Å². The van der Waals surface area contributed by atoms with E-state index < -0.39 is 0 Å². The largest absolute Gasteiger partial charge is 0.366 e. The normalized spacial score (nSPS) is 12.2. The molecule has 0 spiro atoms. The lowest BCUT2D eigenvalue weighted by molar-refractivity contribution is 0.0950. The van der Waals surface area contributed by atoms with Crippen LogP contribution in [0.15, 0.2) is 21.7 Å². The standard InChI is InChI=1S/C15H19N3O3/c1-8(13-10(3)18-21-11(13)4)6-17-15(20)12-7-16-5-9(2)14(12)19/h5,7-8H,6H2,1-4H3,(H,16,19)(H,17,20). The Morgan fingerprint density at radius 2 is 2.10 bits per heavy atom. The molecule has 21 heavy (non-hydrogen) atoms. The van der Waals surface area contributed by atoms with E-state index in [1.807, 2.05) is 20.8 Å². The molecule has 0 aliphatic heterocycles. The number of pyridine rings is 1. The molecule has 6 nitrogen and oxygen atoms in total. The summed E-state index contributed by atoms with van der Waals surface area (Å²) in [6, 6.07) is 0. The van der Waals surface area contributed by atoms with Crippen LogP contribution in [0.25, 0.3) is 0 Å². The summed E-state index contributed by atoms with van der Waals surface area (Å²) in [5, 5.41) is 6.69. The summed E-state index contributed by atoms with van der Waals surface area (Å²) in [6.45, 7) is 7.78. The number of rotatable bonds is 4. The van der Waals surface area contributed by atoms with Gasteiger partial charge in [-0.2, -0.15) is 0 Å². The maximum absolute atomic E-state index is 12.1. The summed E-state index contributed by atoms with van der Waals surface area (Å²) in [5.74, 6) is 0.435. The Balaban J connectivity index is 2.08. The second kappa shape index (κ2) is 5.95. The van der Waals surface area contributed by atoms with Crippen LogP contribution in [0.1, 0.15) is 45.8 Å². The van der Waals surface area contributed by atoms with E-state index in [9.17, 15) is 9.59 Å². The SMILES string of the molecule is Cc1noc(C)c1C(C)CNC(=O)c1c[nH]cc(C)c1=O. The second-order valence-corrected chi connectivity index (χ2v) is 5.23. The van der Waals surface area contributed by atoms with Crippen molar-refractivity contribution in [1.29, 1.82) is 0 Å². The number of H-pyrrole nitrogens is 1. The number of aryl methyl sites for hydroxylation is 3. The molecule has 0 radical (unpaired) electrons. The summed E-state index contributed by atoms with van der Waals surface area (Å²) < 4.78 is 5.13. The molecule has 2 N–H and O–H groups in total. The lowest BCUT2D eigenvalue weighted by Crippen LogP contribution is -2.32. The number of carbonyl (C=O) groups is 1. The molecule has 112 valence electrons. The first-order chi connectivity index (χ1) is 9.91. The van der Waals surface area contributed by atoms with Gasteiger partial charge in [-0.3, -0.25) is 9.59 Å². The zero-order chi connectivity index (χ0) is 15.6. The molecule has 0 saturated carbocycles. The number of aromatic nitrogens is 2. The van der Waals surface area contributed by atoms with Gasteiger partial charge in [0.05, 0.1) is 5.69 Å². The number of nitrogens with zero attached hydrogens (tertiary/aromatic N) is 1. The number of hydrogen-bond acceptors (Lipinski definition) is 4. The highest BCUT2D eigenvalue weighted by Gasteiger charge is 2.18. The molecule has 0 saturated heterocycles. The van der Waals surface area contributed by atoms with Crippen LogP contribution in [0.3, 0.4) is 0 Å². The minimum Gasteiger partial charge on any atom is -0.366 e. The summed E-state index contributed by atoms with van der Waals surface area (Å²) in [6.07, 6.45) is 3.00. The quantitative estimate of drug-likeness (QED) is 0.898. The Labute approximate surface area is 122 Å². The van der Waals surface area contributed by atoms with Crippen molar-refractivity contribution < 1.29 is 9.32 Å². The van der Waals surface area contributed by atoms with E-state index in [-0.39, 0.29) is 22.8 Å². The van der Waals surface area contributed by atoms with Gasteiger partial charge in [0, 0.05) is 36.0 Å². The van der Waals surface area contributed by atoms with Gasteiger partial charge < -0.3 is 14.8 Å². The van der Waals surface area contributed by atoms with Crippen LogP contribution < -0.4 is 10.7 Å². The smallest absolute Gasteiger partial charge is 0.256 e. The first-order valence-electron chi connectivity index (χ1n) is 6.80. The highest BCUT2D eigenvalue weighted by atomic mass is 16.5. The van der Waals surface area contributed by atoms with Crippen LogP contribution in [-0.4, -0.2) is 22.6 Å². The maximum atomic E-state index is 12.1. The fourth-order valence-electron chi connectivity index (χ4n) is 2.40. The van der Waals surface area contributed by atoms with E-state index in [2.05, 4.69) is 15.5 Å². The molecule has 0 aromatic carbocycles. The van der Waals surface area contributed by atoms with Crippen molar-refractivity contribution in [2.75, 3.05) is 6.54 Å². The number of carbonyl (C=O) groups excluding carboxylic acids is 1. The number of hydrogen-bond donors (Lipinski definition) is 2. The molecule has 0 aliphatic carbocycles.